The molecule has 0 amide bonds. The second-order valence-electron chi connectivity index (χ2n) is 4.01. The molecule has 2 N–H and O–H groups in total. The predicted molar refractivity (Wildman–Crippen MR) is 61.0 cm³/mol. The van der Waals surface area contributed by atoms with E-state index in [1.807, 2.05) is 6.92 Å². The van der Waals surface area contributed by atoms with Crippen LogP contribution in [0.4, 0.5) is 0 Å². The van der Waals surface area contributed by atoms with Crippen LogP contribution in [0, 0.1) is 5.92 Å². The average Bonchev–Trinajstić information content (AvgIpc) is 2.19. The molecule has 1 unspecified atom stereocenters. The van der Waals surface area contributed by atoms with E-state index < -0.39 is 6.10 Å². The maximum atomic E-state index is 9.40. The summed E-state index contributed by atoms with van der Waals surface area (Å²) in [5, 5.41) is 12.5. The maximum Gasteiger partial charge on any atom is 0.0897 e. The molecule has 0 aliphatic heterocycles. The van der Waals surface area contributed by atoms with Crippen LogP contribution in [0.25, 0.3) is 0 Å². The Morgan fingerprint density at radius 1 is 1.13 bits per heavy atom. The van der Waals surface area contributed by atoms with Crippen molar-refractivity contribution >= 4 is 0 Å². The Kier molecular flexibility index (Phi) is 10.3. The molecule has 4 heteroatoms. The Morgan fingerprint density at radius 2 is 1.73 bits per heavy atom. The average molecular weight is 219 g/mol. The highest BCUT2D eigenvalue weighted by atomic mass is 16.5. The third-order valence-corrected chi connectivity index (χ3v) is 1.76. The van der Waals surface area contributed by atoms with Crippen LogP contribution in [-0.4, -0.2) is 50.7 Å². The zero-order valence-electron chi connectivity index (χ0n) is 10.2. The fraction of sp³-hybridized carbons (Fsp3) is 1.00. The second kappa shape index (κ2) is 10.4. The number of hydrogen-bond donors (Lipinski definition) is 2. The Bertz CT molecular complexity index is 131. The molecule has 0 saturated carbocycles. The standard InChI is InChI=1S/C11H25NO3/c1-4-12-7-11(13)9-15-6-5-14-8-10(2)3/h10-13H,4-9H2,1-3H3. The fourth-order valence-electron chi connectivity index (χ4n) is 1.03. The first kappa shape index (κ1) is 14.8. The van der Waals surface area contributed by atoms with Crippen molar-refractivity contribution in [3.63, 3.8) is 0 Å². The van der Waals surface area contributed by atoms with E-state index in [0.29, 0.717) is 32.3 Å². The molecule has 0 aliphatic rings. The van der Waals surface area contributed by atoms with Gasteiger partial charge in [0.25, 0.3) is 0 Å². The van der Waals surface area contributed by atoms with E-state index in [2.05, 4.69) is 19.2 Å². The Morgan fingerprint density at radius 3 is 2.27 bits per heavy atom. The van der Waals surface area contributed by atoms with Crippen LogP contribution in [0.15, 0.2) is 0 Å². The molecule has 0 rings (SSSR count). The number of rotatable bonds is 10. The summed E-state index contributed by atoms with van der Waals surface area (Å²) >= 11 is 0. The first-order valence-electron chi connectivity index (χ1n) is 5.71. The van der Waals surface area contributed by atoms with Crippen molar-refractivity contribution in [1.82, 2.24) is 5.32 Å². The SMILES string of the molecule is CCNCC(O)COCCOCC(C)C. The number of aliphatic hydroxyl groups is 1. The molecule has 0 heterocycles. The van der Waals surface area contributed by atoms with Gasteiger partial charge < -0.3 is 19.9 Å². The molecule has 0 saturated heterocycles. The zero-order valence-corrected chi connectivity index (χ0v) is 10.2. The molecule has 0 radical (unpaired) electrons. The number of aliphatic hydroxyl groups excluding tert-OH is 1. The van der Waals surface area contributed by atoms with Gasteiger partial charge >= 0.3 is 0 Å². The van der Waals surface area contributed by atoms with E-state index in [-0.39, 0.29) is 0 Å². The second-order valence-corrected chi connectivity index (χ2v) is 4.01. The zero-order chi connectivity index (χ0) is 11.5. The van der Waals surface area contributed by atoms with Gasteiger partial charge in [-0.05, 0) is 12.5 Å². The van der Waals surface area contributed by atoms with E-state index in [4.69, 9.17) is 9.47 Å². The largest absolute Gasteiger partial charge is 0.389 e. The van der Waals surface area contributed by atoms with Crippen molar-refractivity contribution < 1.29 is 14.6 Å². The van der Waals surface area contributed by atoms with Crippen molar-refractivity contribution in [3.05, 3.63) is 0 Å². The minimum absolute atomic E-state index is 0.373. The highest BCUT2D eigenvalue weighted by molar-refractivity contribution is 4.56. The van der Waals surface area contributed by atoms with Crippen LogP contribution in [0.3, 0.4) is 0 Å². The van der Waals surface area contributed by atoms with Gasteiger partial charge in [0.05, 0.1) is 25.9 Å². The van der Waals surface area contributed by atoms with E-state index in [1.165, 1.54) is 0 Å². The molecule has 0 aromatic heterocycles. The van der Waals surface area contributed by atoms with Crippen molar-refractivity contribution in [2.75, 3.05) is 39.5 Å². The monoisotopic (exact) mass is 219 g/mol. The third kappa shape index (κ3) is 11.8. The Balaban J connectivity index is 3.09. The lowest BCUT2D eigenvalue weighted by Gasteiger charge is -2.12. The van der Waals surface area contributed by atoms with Crippen LogP contribution in [0.2, 0.25) is 0 Å². The lowest BCUT2D eigenvalue weighted by atomic mass is 10.2. The van der Waals surface area contributed by atoms with Gasteiger partial charge in [0.2, 0.25) is 0 Å². The highest BCUT2D eigenvalue weighted by Crippen LogP contribution is 1.92. The van der Waals surface area contributed by atoms with Gasteiger partial charge in [-0.2, -0.15) is 0 Å². The summed E-state index contributed by atoms with van der Waals surface area (Å²) in [4.78, 5) is 0. The van der Waals surface area contributed by atoms with E-state index in [1.54, 1.807) is 0 Å². The van der Waals surface area contributed by atoms with Crippen molar-refractivity contribution in [2.45, 2.75) is 26.9 Å². The molecule has 0 aliphatic carbocycles. The number of hydrogen-bond acceptors (Lipinski definition) is 4. The van der Waals surface area contributed by atoms with E-state index in [0.717, 1.165) is 13.2 Å². The molecule has 0 bridgehead atoms. The van der Waals surface area contributed by atoms with Crippen LogP contribution in [0.5, 0.6) is 0 Å². The van der Waals surface area contributed by atoms with Crippen molar-refractivity contribution in [1.29, 1.82) is 0 Å². The van der Waals surface area contributed by atoms with Crippen molar-refractivity contribution in [2.24, 2.45) is 5.92 Å². The van der Waals surface area contributed by atoms with Crippen LogP contribution < -0.4 is 5.32 Å². The lowest BCUT2D eigenvalue weighted by molar-refractivity contribution is 0.0000693. The predicted octanol–water partition coefficient (Wildman–Crippen LogP) is 0.646. The Hall–Kier alpha value is -0.160. The van der Waals surface area contributed by atoms with Gasteiger partial charge in [0.1, 0.15) is 0 Å². The van der Waals surface area contributed by atoms with Crippen LogP contribution in [-0.2, 0) is 9.47 Å². The Labute approximate surface area is 93.0 Å². The molecule has 92 valence electrons. The van der Waals surface area contributed by atoms with E-state index in [9.17, 15) is 5.11 Å². The van der Waals surface area contributed by atoms with Gasteiger partial charge in [-0.15, -0.1) is 0 Å². The van der Waals surface area contributed by atoms with Gasteiger partial charge in [-0.1, -0.05) is 20.8 Å². The minimum Gasteiger partial charge on any atom is -0.389 e. The summed E-state index contributed by atoms with van der Waals surface area (Å²) in [6, 6.07) is 0. The molecule has 0 spiro atoms. The molecule has 0 aromatic carbocycles. The normalized spacial score (nSPS) is 13.4. The van der Waals surface area contributed by atoms with Gasteiger partial charge in [0, 0.05) is 13.2 Å². The maximum absolute atomic E-state index is 9.40. The number of nitrogens with one attached hydrogen (secondary N) is 1. The number of likely N-dealkylation sites (N-methyl/N-ethyl adjacent to an activating group) is 1. The minimum atomic E-state index is -0.421. The molecule has 0 fully saturated rings. The van der Waals surface area contributed by atoms with Crippen LogP contribution in [0.1, 0.15) is 20.8 Å². The summed E-state index contributed by atoms with van der Waals surface area (Å²) in [7, 11) is 0. The lowest BCUT2D eigenvalue weighted by Crippen LogP contribution is -2.30. The van der Waals surface area contributed by atoms with E-state index >= 15 is 0 Å². The summed E-state index contributed by atoms with van der Waals surface area (Å²) in [5.41, 5.74) is 0. The first-order valence-corrected chi connectivity index (χ1v) is 5.71. The summed E-state index contributed by atoms with van der Waals surface area (Å²) < 4.78 is 10.6. The molecular weight excluding hydrogens is 194 g/mol. The van der Waals surface area contributed by atoms with Gasteiger partial charge in [0.15, 0.2) is 0 Å². The first-order chi connectivity index (χ1) is 7.16. The highest BCUT2D eigenvalue weighted by Gasteiger charge is 2.02. The summed E-state index contributed by atoms with van der Waals surface area (Å²) in [5.74, 6) is 0.560. The summed E-state index contributed by atoms with van der Waals surface area (Å²) in [6.07, 6.45) is -0.421. The quantitative estimate of drug-likeness (QED) is 0.530. The topological polar surface area (TPSA) is 50.7 Å². The summed E-state index contributed by atoms with van der Waals surface area (Å²) in [6.45, 7) is 9.98. The molecule has 0 aromatic rings. The third-order valence-electron chi connectivity index (χ3n) is 1.76. The molecule has 4 nitrogen and oxygen atoms in total. The van der Waals surface area contributed by atoms with Crippen LogP contribution >= 0.6 is 0 Å². The molecule has 15 heavy (non-hydrogen) atoms. The van der Waals surface area contributed by atoms with Gasteiger partial charge in [-0.25, -0.2) is 0 Å². The molecule has 1 atom stereocenters. The number of ether oxygens (including phenoxy) is 2. The van der Waals surface area contributed by atoms with Gasteiger partial charge in [-0.3, -0.25) is 0 Å². The smallest absolute Gasteiger partial charge is 0.0897 e. The fourth-order valence-corrected chi connectivity index (χ4v) is 1.03. The van der Waals surface area contributed by atoms with Crippen molar-refractivity contribution in [3.8, 4) is 0 Å². The molecular formula is C11H25NO3.